The van der Waals surface area contributed by atoms with Crippen molar-refractivity contribution in [3.63, 3.8) is 0 Å². The average Bonchev–Trinajstić information content (AvgIpc) is 2.49. The Morgan fingerprint density at radius 1 is 1.05 bits per heavy atom. The molecule has 0 radical (unpaired) electrons. The molecule has 0 atom stereocenters. The van der Waals surface area contributed by atoms with Gasteiger partial charge < -0.3 is 9.47 Å². The first-order chi connectivity index (χ1) is 10.2. The van der Waals surface area contributed by atoms with Crippen molar-refractivity contribution in [2.75, 3.05) is 13.2 Å². The van der Waals surface area contributed by atoms with E-state index >= 15 is 0 Å². The Kier molecular flexibility index (Phi) is 5.17. The number of hydrogen-bond acceptors (Lipinski definition) is 4. The van der Waals surface area contributed by atoms with Crippen LogP contribution in [0.4, 0.5) is 0 Å². The largest absolute Gasteiger partial charge is 0.490 e. The third kappa shape index (κ3) is 3.73. The van der Waals surface area contributed by atoms with Crippen molar-refractivity contribution in [2.45, 2.75) is 13.8 Å². The minimum absolute atomic E-state index is 0.136. The van der Waals surface area contributed by atoms with Crippen molar-refractivity contribution in [3.8, 4) is 11.5 Å². The lowest BCUT2D eigenvalue weighted by molar-refractivity contribution is 0.103. The van der Waals surface area contributed by atoms with Gasteiger partial charge in [0.05, 0.1) is 13.2 Å². The number of rotatable bonds is 6. The third-order valence-corrected chi connectivity index (χ3v) is 3.00. The predicted octanol–water partition coefficient (Wildman–Crippen LogP) is 3.76. The first-order valence-electron chi connectivity index (χ1n) is 6.71. The van der Waals surface area contributed by atoms with E-state index in [2.05, 4.69) is 4.98 Å². The van der Waals surface area contributed by atoms with E-state index in [9.17, 15) is 4.79 Å². The number of hydrogen-bond donors (Lipinski definition) is 0. The Balaban J connectivity index is 2.35. The van der Waals surface area contributed by atoms with Crippen LogP contribution in [-0.2, 0) is 0 Å². The predicted molar refractivity (Wildman–Crippen MR) is 81.5 cm³/mol. The van der Waals surface area contributed by atoms with Gasteiger partial charge in [0.15, 0.2) is 17.3 Å². The van der Waals surface area contributed by atoms with Gasteiger partial charge in [-0.1, -0.05) is 11.6 Å². The molecule has 0 unspecified atom stereocenters. The SMILES string of the molecule is CCOc1ccc(C(=O)c2ccnc(Cl)c2)cc1OCC. The molecule has 0 aliphatic carbocycles. The van der Waals surface area contributed by atoms with Gasteiger partial charge in [-0.25, -0.2) is 4.98 Å². The zero-order valence-electron chi connectivity index (χ0n) is 11.9. The quantitative estimate of drug-likeness (QED) is 0.602. The summed E-state index contributed by atoms with van der Waals surface area (Å²) in [4.78, 5) is 16.3. The molecule has 0 saturated heterocycles. The number of carbonyl (C=O) groups is 1. The van der Waals surface area contributed by atoms with E-state index in [1.54, 1.807) is 30.3 Å². The van der Waals surface area contributed by atoms with Gasteiger partial charge in [-0.2, -0.15) is 0 Å². The molecule has 0 bridgehead atoms. The zero-order chi connectivity index (χ0) is 15.2. The van der Waals surface area contributed by atoms with Gasteiger partial charge in [0.2, 0.25) is 0 Å². The van der Waals surface area contributed by atoms with Gasteiger partial charge in [-0.05, 0) is 44.2 Å². The summed E-state index contributed by atoms with van der Waals surface area (Å²) in [6.45, 7) is 4.81. The van der Waals surface area contributed by atoms with Crippen LogP contribution >= 0.6 is 11.6 Å². The Hall–Kier alpha value is -2.07. The molecule has 0 N–H and O–H groups in total. The van der Waals surface area contributed by atoms with Crippen molar-refractivity contribution in [1.29, 1.82) is 0 Å². The molecule has 0 aliphatic rings. The molecule has 1 aromatic heterocycles. The highest BCUT2D eigenvalue weighted by atomic mass is 35.5. The second kappa shape index (κ2) is 7.09. The minimum atomic E-state index is -0.136. The molecule has 1 aromatic carbocycles. The van der Waals surface area contributed by atoms with Gasteiger partial charge in [0.25, 0.3) is 0 Å². The van der Waals surface area contributed by atoms with Crippen molar-refractivity contribution < 1.29 is 14.3 Å². The first-order valence-corrected chi connectivity index (χ1v) is 7.09. The summed E-state index contributed by atoms with van der Waals surface area (Å²) in [6, 6.07) is 8.31. The molecule has 2 aromatic rings. The molecule has 0 amide bonds. The summed E-state index contributed by atoms with van der Waals surface area (Å²) in [5, 5.41) is 0.289. The number of carbonyl (C=O) groups excluding carboxylic acids is 1. The van der Waals surface area contributed by atoms with Gasteiger partial charge >= 0.3 is 0 Å². The maximum absolute atomic E-state index is 12.4. The van der Waals surface area contributed by atoms with Crippen LogP contribution in [0.3, 0.4) is 0 Å². The van der Waals surface area contributed by atoms with Gasteiger partial charge in [0, 0.05) is 17.3 Å². The van der Waals surface area contributed by atoms with Crippen LogP contribution in [0.2, 0.25) is 5.15 Å². The second-order valence-electron chi connectivity index (χ2n) is 4.22. The van der Waals surface area contributed by atoms with E-state index in [4.69, 9.17) is 21.1 Å². The number of ketones is 1. The van der Waals surface area contributed by atoms with Crippen LogP contribution in [0.25, 0.3) is 0 Å². The summed E-state index contributed by atoms with van der Waals surface area (Å²) < 4.78 is 11.0. The number of nitrogens with zero attached hydrogens (tertiary/aromatic N) is 1. The molecule has 5 heteroatoms. The van der Waals surface area contributed by atoms with E-state index < -0.39 is 0 Å². The highest BCUT2D eigenvalue weighted by Crippen LogP contribution is 2.29. The summed E-state index contributed by atoms with van der Waals surface area (Å²) in [6.07, 6.45) is 1.51. The van der Waals surface area contributed by atoms with E-state index in [1.807, 2.05) is 13.8 Å². The highest BCUT2D eigenvalue weighted by molar-refractivity contribution is 6.30. The van der Waals surface area contributed by atoms with E-state index in [0.717, 1.165) is 0 Å². The summed E-state index contributed by atoms with van der Waals surface area (Å²) in [5.41, 5.74) is 1.01. The van der Waals surface area contributed by atoms with Crippen LogP contribution in [0.1, 0.15) is 29.8 Å². The number of halogens is 1. The number of aromatic nitrogens is 1. The fourth-order valence-electron chi connectivity index (χ4n) is 1.90. The number of benzene rings is 1. The van der Waals surface area contributed by atoms with Crippen LogP contribution in [0.15, 0.2) is 36.5 Å². The van der Waals surface area contributed by atoms with Crippen molar-refractivity contribution in [3.05, 3.63) is 52.8 Å². The topological polar surface area (TPSA) is 48.4 Å². The summed E-state index contributed by atoms with van der Waals surface area (Å²) in [7, 11) is 0. The zero-order valence-corrected chi connectivity index (χ0v) is 12.7. The molecule has 0 fully saturated rings. The molecule has 0 saturated carbocycles. The van der Waals surface area contributed by atoms with Gasteiger partial charge in [-0.15, -0.1) is 0 Å². The molecule has 110 valence electrons. The molecule has 2 rings (SSSR count). The summed E-state index contributed by atoms with van der Waals surface area (Å²) in [5.74, 6) is 1.05. The normalized spacial score (nSPS) is 10.2. The van der Waals surface area contributed by atoms with E-state index in [-0.39, 0.29) is 10.9 Å². The smallest absolute Gasteiger partial charge is 0.193 e. The second-order valence-corrected chi connectivity index (χ2v) is 4.61. The maximum atomic E-state index is 12.4. The fraction of sp³-hybridized carbons (Fsp3) is 0.250. The monoisotopic (exact) mass is 305 g/mol. The molecule has 0 aliphatic heterocycles. The Morgan fingerprint density at radius 3 is 2.38 bits per heavy atom. The van der Waals surface area contributed by atoms with E-state index in [0.29, 0.717) is 35.8 Å². The Morgan fingerprint density at radius 2 is 1.71 bits per heavy atom. The van der Waals surface area contributed by atoms with Crippen LogP contribution < -0.4 is 9.47 Å². The van der Waals surface area contributed by atoms with Gasteiger partial charge in [0.1, 0.15) is 5.15 Å². The molecular weight excluding hydrogens is 290 g/mol. The number of pyridine rings is 1. The molecule has 21 heavy (non-hydrogen) atoms. The lowest BCUT2D eigenvalue weighted by Gasteiger charge is -2.12. The van der Waals surface area contributed by atoms with Crippen LogP contribution in [-0.4, -0.2) is 24.0 Å². The van der Waals surface area contributed by atoms with E-state index in [1.165, 1.54) is 6.20 Å². The maximum Gasteiger partial charge on any atom is 0.193 e. The first kappa shape index (κ1) is 15.3. The summed E-state index contributed by atoms with van der Waals surface area (Å²) >= 11 is 5.82. The van der Waals surface area contributed by atoms with Crippen LogP contribution in [0, 0.1) is 0 Å². The fourth-order valence-corrected chi connectivity index (χ4v) is 2.08. The lowest BCUT2D eigenvalue weighted by Crippen LogP contribution is -2.04. The van der Waals surface area contributed by atoms with Crippen LogP contribution in [0.5, 0.6) is 11.5 Å². The lowest BCUT2D eigenvalue weighted by atomic mass is 10.0. The molecule has 1 heterocycles. The number of ether oxygens (including phenoxy) is 2. The molecule has 4 nitrogen and oxygen atoms in total. The van der Waals surface area contributed by atoms with Crippen molar-refractivity contribution in [2.24, 2.45) is 0 Å². The molecule has 0 spiro atoms. The highest BCUT2D eigenvalue weighted by Gasteiger charge is 2.13. The Bertz CT molecular complexity index is 643. The Labute approximate surface area is 128 Å². The molecular formula is C16H16ClNO3. The third-order valence-electron chi connectivity index (χ3n) is 2.79. The average molecular weight is 306 g/mol. The van der Waals surface area contributed by atoms with Gasteiger partial charge in [-0.3, -0.25) is 4.79 Å². The standard InChI is InChI=1S/C16H16ClNO3/c1-3-20-13-6-5-11(9-14(13)21-4-2)16(19)12-7-8-18-15(17)10-12/h5-10H,3-4H2,1-2H3. The minimum Gasteiger partial charge on any atom is -0.490 e. The van der Waals surface area contributed by atoms with Crippen molar-refractivity contribution in [1.82, 2.24) is 4.98 Å². The van der Waals surface area contributed by atoms with Crippen molar-refractivity contribution >= 4 is 17.4 Å².